The van der Waals surface area contributed by atoms with Crippen molar-refractivity contribution in [3.05, 3.63) is 23.8 Å². The van der Waals surface area contributed by atoms with Crippen molar-refractivity contribution in [2.75, 3.05) is 30.0 Å². The zero-order valence-electron chi connectivity index (χ0n) is 17.2. The molecule has 2 rings (SSSR count). The number of carboxylic acids is 1. The number of benzene rings is 1. The van der Waals surface area contributed by atoms with E-state index in [2.05, 4.69) is 19.2 Å². The molecule has 0 radical (unpaired) electrons. The molecular weight excluding hydrogens is 344 g/mol. The van der Waals surface area contributed by atoms with Crippen LogP contribution in [-0.4, -0.2) is 47.7 Å². The predicted molar refractivity (Wildman–Crippen MR) is 108 cm³/mol. The van der Waals surface area contributed by atoms with Gasteiger partial charge in [0.15, 0.2) is 5.72 Å². The van der Waals surface area contributed by atoms with E-state index in [1.807, 2.05) is 43.9 Å². The first kappa shape index (κ1) is 21.5. The molecule has 0 aliphatic carbocycles. The number of morpholine rings is 1. The van der Waals surface area contributed by atoms with Crippen molar-refractivity contribution in [1.29, 1.82) is 0 Å². The van der Waals surface area contributed by atoms with Crippen LogP contribution in [-0.2, 0) is 9.53 Å². The van der Waals surface area contributed by atoms with Crippen molar-refractivity contribution in [3.8, 4) is 0 Å². The number of nitrogens with zero attached hydrogens (tertiary/aromatic N) is 1. The largest absolute Gasteiger partial charge is 0.481 e. The minimum absolute atomic E-state index is 0.000206. The average molecular weight is 379 g/mol. The number of rotatable bonds is 8. The second-order valence-corrected chi connectivity index (χ2v) is 8.02. The summed E-state index contributed by atoms with van der Waals surface area (Å²) in [6, 6.07) is 6.26. The normalized spacial score (nSPS) is 21.6. The molecule has 0 bridgehead atoms. The highest BCUT2D eigenvalue weighted by atomic mass is 16.5. The highest BCUT2D eigenvalue weighted by Crippen LogP contribution is 2.38. The molecule has 0 spiro atoms. The first-order valence-electron chi connectivity index (χ1n) is 9.89. The van der Waals surface area contributed by atoms with E-state index in [1.165, 1.54) is 0 Å². The van der Waals surface area contributed by atoms with Gasteiger partial charge in [0.1, 0.15) is 0 Å². The van der Waals surface area contributed by atoms with E-state index in [-0.39, 0.29) is 30.9 Å². The van der Waals surface area contributed by atoms with Gasteiger partial charge in [-0.3, -0.25) is 4.79 Å². The Morgan fingerprint density at radius 2 is 2.04 bits per heavy atom. The Bertz CT molecular complexity index is 647. The molecule has 1 saturated heterocycles. The number of anilines is 2. The molecule has 0 saturated carbocycles. The van der Waals surface area contributed by atoms with Crippen molar-refractivity contribution in [2.24, 2.45) is 5.92 Å². The van der Waals surface area contributed by atoms with E-state index in [4.69, 9.17) is 4.74 Å². The summed E-state index contributed by atoms with van der Waals surface area (Å²) in [4.78, 5) is 13.2. The smallest absolute Gasteiger partial charge is 0.303 e. The van der Waals surface area contributed by atoms with Crippen LogP contribution in [0.3, 0.4) is 0 Å². The summed E-state index contributed by atoms with van der Waals surface area (Å²) in [5.74, 6) is -0.815. The quantitative estimate of drug-likeness (QED) is 0.640. The Kier molecular flexibility index (Phi) is 7.12. The molecule has 0 aromatic heterocycles. The molecule has 0 unspecified atom stereocenters. The van der Waals surface area contributed by atoms with Crippen LogP contribution >= 0.6 is 0 Å². The molecule has 0 amide bonds. The molecule has 27 heavy (non-hydrogen) atoms. The van der Waals surface area contributed by atoms with E-state index < -0.39 is 11.7 Å². The summed E-state index contributed by atoms with van der Waals surface area (Å²) >= 11 is 0. The molecular formula is C21H34N2O4. The van der Waals surface area contributed by atoms with Gasteiger partial charge in [-0.1, -0.05) is 26.8 Å². The van der Waals surface area contributed by atoms with Crippen molar-refractivity contribution >= 4 is 17.3 Å². The lowest BCUT2D eigenvalue weighted by molar-refractivity contribution is -0.137. The summed E-state index contributed by atoms with van der Waals surface area (Å²) < 4.78 is 5.56. The van der Waals surface area contributed by atoms with Crippen molar-refractivity contribution in [3.63, 3.8) is 0 Å². The van der Waals surface area contributed by atoms with Gasteiger partial charge in [0.2, 0.25) is 0 Å². The third-order valence-electron chi connectivity index (χ3n) is 5.31. The Balaban J connectivity index is 2.47. The van der Waals surface area contributed by atoms with Crippen LogP contribution in [0.4, 0.5) is 11.4 Å². The van der Waals surface area contributed by atoms with Crippen molar-refractivity contribution < 1.29 is 19.7 Å². The Hall–Kier alpha value is -1.79. The van der Waals surface area contributed by atoms with E-state index in [1.54, 1.807) is 0 Å². The summed E-state index contributed by atoms with van der Waals surface area (Å²) in [7, 11) is 0. The van der Waals surface area contributed by atoms with Gasteiger partial charge in [0.05, 0.1) is 31.0 Å². The summed E-state index contributed by atoms with van der Waals surface area (Å²) in [6.45, 7) is 11.6. The lowest BCUT2D eigenvalue weighted by Gasteiger charge is -2.47. The SMILES string of the molecule is CC[C@H](CC(=O)O)c1ccc(N2CCOC[C@@]2(O)C(C)C)c(NC(C)C)c1. The Labute approximate surface area is 162 Å². The van der Waals surface area contributed by atoms with Crippen LogP contribution < -0.4 is 10.2 Å². The maximum Gasteiger partial charge on any atom is 0.303 e. The first-order valence-corrected chi connectivity index (χ1v) is 9.89. The van der Waals surface area contributed by atoms with Crippen molar-refractivity contribution in [1.82, 2.24) is 0 Å². The topological polar surface area (TPSA) is 82.0 Å². The van der Waals surface area contributed by atoms with Gasteiger partial charge in [-0.2, -0.15) is 0 Å². The van der Waals surface area contributed by atoms with Crippen LogP contribution in [0, 0.1) is 5.92 Å². The van der Waals surface area contributed by atoms with Gasteiger partial charge in [-0.25, -0.2) is 0 Å². The molecule has 1 aromatic carbocycles. The number of nitrogens with one attached hydrogen (secondary N) is 1. The highest BCUT2D eigenvalue weighted by Gasteiger charge is 2.41. The molecule has 1 aromatic rings. The number of hydrogen-bond acceptors (Lipinski definition) is 5. The molecule has 6 heteroatoms. The third kappa shape index (κ3) is 4.93. The number of ether oxygens (including phenoxy) is 1. The number of aliphatic hydroxyl groups is 1. The number of carbonyl (C=O) groups is 1. The van der Waals surface area contributed by atoms with E-state index in [0.717, 1.165) is 23.4 Å². The first-order chi connectivity index (χ1) is 12.7. The van der Waals surface area contributed by atoms with Gasteiger partial charge in [0.25, 0.3) is 0 Å². The molecule has 1 heterocycles. The summed E-state index contributed by atoms with van der Waals surface area (Å²) in [6.07, 6.45) is 0.880. The third-order valence-corrected chi connectivity index (χ3v) is 5.31. The fourth-order valence-electron chi connectivity index (χ4n) is 3.64. The Morgan fingerprint density at radius 1 is 1.33 bits per heavy atom. The fraction of sp³-hybridized carbons (Fsp3) is 0.667. The zero-order chi connectivity index (χ0) is 20.2. The second kappa shape index (κ2) is 8.93. The van der Waals surface area contributed by atoms with Gasteiger partial charge in [0, 0.05) is 18.5 Å². The summed E-state index contributed by atoms with van der Waals surface area (Å²) in [5, 5.41) is 23.9. The van der Waals surface area contributed by atoms with E-state index >= 15 is 0 Å². The second-order valence-electron chi connectivity index (χ2n) is 8.02. The summed E-state index contributed by atoms with van der Waals surface area (Å²) in [5.41, 5.74) is 1.79. The minimum Gasteiger partial charge on any atom is -0.481 e. The van der Waals surface area contributed by atoms with Gasteiger partial charge in [-0.05, 0) is 43.9 Å². The minimum atomic E-state index is -1.07. The predicted octanol–water partition coefficient (Wildman–Crippen LogP) is 3.66. The number of aliphatic carboxylic acids is 1. The molecule has 3 N–H and O–H groups in total. The van der Waals surface area contributed by atoms with Crippen molar-refractivity contribution in [2.45, 2.75) is 65.1 Å². The maximum atomic E-state index is 11.3. The monoisotopic (exact) mass is 378 g/mol. The van der Waals surface area contributed by atoms with Crippen LogP contribution in [0.2, 0.25) is 0 Å². The standard InChI is InChI=1S/C21H34N2O4/c1-6-16(12-20(24)25)17-7-8-19(18(11-17)22-15(4)5)23-9-10-27-13-21(23,26)14(2)3/h7-8,11,14-16,22,26H,6,9-10,12-13H2,1-5H3,(H,24,25)/t16-,21-/m1/s1. The molecule has 6 nitrogen and oxygen atoms in total. The van der Waals surface area contributed by atoms with Gasteiger partial charge >= 0.3 is 5.97 Å². The van der Waals surface area contributed by atoms with Crippen LogP contribution in [0.25, 0.3) is 0 Å². The molecule has 1 fully saturated rings. The lowest BCUT2D eigenvalue weighted by atomic mass is 9.91. The van der Waals surface area contributed by atoms with E-state index in [0.29, 0.717) is 13.2 Å². The van der Waals surface area contributed by atoms with Gasteiger partial charge in [-0.15, -0.1) is 0 Å². The van der Waals surface area contributed by atoms with Gasteiger partial charge < -0.3 is 25.2 Å². The number of carboxylic acid groups (broad SMARTS) is 1. The average Bonchev–Trinajstić information content (AvgIpc) is 2.59. The van der Waals surface area contributed by atoms with Crippen LogP contribution in [0.15, 0.2) is 18.2 Å². The fourth-order valence-corrected chi connectivity index (χ4v) is 3.64. The van der Waals surface area contributed by atoms with Crippen LogP contribution in [0.5, 0.6) is 0 Å². The molecule has 152 valence electrons. The Morgan fingerprint density at radius 3 is 2.59 bits per heavy atom. The molecule has 1 aliphatic heterocycles. The molecule has 1 aliphatic rings. The zero-order valence-corrected chi connectivity index (χ0v) is 17.2. The highest BCUT2D eigenvalue weighted by molar-refractivity contribution is 5.73. The number of hydrogen-bond donors (Lipinski definition) is 3. The lowest BCUT2D eigenvalue weighted by Crippen LogP contribution is -2.60. The van der Waals surface area contributed by atoms with Crippen LogP contribution in [0.1, 0.15) is 58.9 Å². The van der Waals surface area contributed by atoms with E-state index in [9.17, 15) is 15.0 Å². The maximum absolute atomic E-state index is 11.3. The molecule has 2 atom stereocenters.